The number of hydrogen-bond donors (Lipinski definition) is 0. The molecule has 0 saturated heterocycles. The first kappa shape index (κ1) is 19.9. The molecule has 26 heavy (non-hydrogen) atoms. The van der Waals surface area contributed by atoms with Gasteiger partial charge in [0.05, 0.1) is 13.7 Å². The average Bonchev–Trinajstić information content (AvgIpc) is 2.66. The summed E-state index contributed by atoms with van der Waals surface area (Å²) in [7, 11) is 5.41. The number of esters is 1. The summed E-state index contributed by atoms with van der Waals surface area (Å²) in [6.45, 7) is 3.43. The molecule has 0 unspecified atom stereocenters. The molecule has 2 aromatic rings. The van der Waals surface area contributed by atoms with E-state index in [1.54, 1.807) is 0 Å². The van der Waals surface area contributed by atoms with Gasteiger partial charge in [0.2, 0.25) is 0 Å². The van der Waals surface area contributed by atoms with Gasteiger partial charge < -0.3 is 14.4 Å². The van der Waals surface area contributed by atoms with Crippen molar-refractivity contribution in [1.29, 1.82) is 0 Å². The van der Waals surface area contributed by atoms with Gasteiger partial charge in [-0.2, -0.15) is 0 Å². The van der Waals surface area contributed by atoms with Gasteiger partial charge >= 0.3 is 5.97 Å². The van der Waals surface area contributed by atoms with Crippen LogP contribution in [0.3, 0.4) is 0 Å². The van der Waals surface area contributed by atoms with Crippen LogP contribution < -0.4 is 4.74 Å². The Bertz CT molecular complexity index is 659. The van der Waals surface area contributed by atoms with Crippen molar-refractivity contribution < 1.29 is 14.3 Å². The first-order chi connectivity index (χ1) is 12.6. The SMILES string of the molecule is COC(=O)CN(C)CCN(C)Cc1ccc(OCc2ccccc2)cc1. The number of likely N-dealkylation sites (N-methyl/N-ethyl adjacent to an activating group) is 2. The summed E-state index contributed by atoms with van der Waals surface area (Å²) in [5, 5.41) is 0. The first-order valence-electron chi connectivity index (χ1n) is 8.76. The highest BCUT2D eigenvalue weighted by atomic mass is 16.5. The van der Waals surface area contributed by atoms with E-state index in [1.165, 1.54) is 12.7 Å². The number of nitrogens with zero attached hydrogens (tertiary/aromatic N) is 2. The monoisotopic (exact) mass is 356 g/mol. The topological polar surface area (TPSA) is 42.0 Å². The van der Waals surface area contributed by atoms with E-state index in [4.69, 9.17) is 4.74 Å². The predicted octanol–water partition coefficient (Wildman–Crippen LogP) is 2.80. The van der Waals surface area contributed by atoms with Gasteiger partial charge in [-0.25, -0.2) is 0 Å². The van der Waals surface area contributed by atoms with E-state index in [-0.39, 0.29) is 5.97 Å². The van der Waals surface area contributed by atoms with Crippen molar-refractivity contribution in [2.24, 2.45) is 0 Å². The highest BCUT2D eigenvalue weighted by Crippen LogP contribution is 2.15. The molecule has 2 aromatic carbocycles. The Morgan fingerprint density at radius 1 is 0.885 bits per heavy atom. The lowest BCUT2D eigenvalue weighted by Crippen LogP contribution is -2.34. The summed E-state index contributed by atoms with van der Waals surface area (Å²) < 4.78 is 10.5. The Morgan fingerprint density at radius 2 is 1.54 bits per heavy atom. The molecule has 0 fully saturated rings. The molecule has 0 saturated carbocycles. The van der Waals surface area contributed by atoms with Crippen molar-refractivity contribution in [1.82, 2.24) is 9.80 Å². The van der Waals surface area contributed by atoms with Gasteiger partial charge in [0.25, 0.3) is 0 Å². The average molecular weight is 356 g/mol. The fraction of sp³-hybridized carbons (Fsp3) is 0.381. The van der Waals surface area contributed by atoms with E-state index in [9.17, 15) is 4.79 Å². The van der Waals surface area contributed by atoms with Gasteiger partial charge in [-0.15, -0.1) is 0 Å². The van der Waals surface area contributed by atoms with Crippen molar-refractivity contribution in [3.8, 4) is 5.75 Å². The third-order valence-corrected chi connectivity index (χ3v) is 4.11. The van der Waals surface area contributed by atoms with Gasteiger partial charge in [0.15, 0.2) is 0 Å². The van der Waals surface area contributed by atoms with Crippen LogP contribution in [0.2, 0.25) is 0 Å². The smallest absolute Gasteiger partial charge is 0.319 e. The minimum atomic E-state index is -0.207. The van der Waals surface area contributed by atoms with Gasteiger partial charge in [0, 0.05) is 19.6 Å². The van der Waals surface area contributed by atoms with Crippen LogP contribution in [0.25, 0.3) is 0 Å². The molecule has 2 rings (SSSR count). The fourth-order valence-electron chi connectivity index (χ4n) is 2.53. The van der Waals surface area contributed by atoms with Crippen LogP contribution in [-0.2, 0) is 22.7 Å². The van der Waals surface area contributed by atoms with Gasteiger partial charge in [-0.1, -0.05) is 42.5 Å². The molecular formula is C21H28N2O3. The summed E-state index contributed by atoms with van der Waals surface area (Å²) in [6, 6.07) is 18.3. The largest absolute Gasteiger partial charge is 0.489 e. The molecule has 0 aliphatic carbocycles. The predicted molar refractivity (Wildman–Crippen MR) is 103 cm³/mol. The minimum absolute atomic E-state index is 0.207. The quantitative estimate of drug-likeness (QED) is 0.613. The molecule has 0 aliphatic heterocycles. The van der Waals surface area contributed by atoms with E-state index in [0.717, 1.165) is 30.9 Å². The van der Waals surface area contributed by atoms with Gasteiger partial charge in [0.1, 0.15) is 12.4 Å². The number of carbonyl (C=O) groups is 1. The second-order valence-corrected chi connectivity index (χ2v) is 6.47. The molecule has 5 heteroatoms. The standard InChI is InChI=1S/C21H28N2O3/c1-22(13-14-23(2)16-21(24)25-3)15-18-9-11-20(12-10-18)26-17-19-7-5-4-6-8-19/h4-12H,13-17H2,1-3H3. The van der Waals surface area contributed by atoms with Crippen molar-refractivity contribution >= 4 is 5.97 Å². The number of ether oxygens (including phenoxy) is 2. The molecule has 0 spiro atoms. The van der Waals surface area contributed by atoms with E-state index in [2.05, 4.69) is 40.9 Å². The van der Waals surface area contributed by atoms with Gasteiger partial charge in [-0.3, -0.25) is 9.69 Å². The highest BCUT2D eigenvalue weighted by Gasteiger charge is 2.08. The maximum atomic E-state index is 11.2. The van der Waals surface area contributed by atoms with Crippen LogP contribution in [0.1, 0.15) is 11.1 Å². The highest BCUT2D eigenvalue weighted by molar-refractivity contribution is 5.71. The summed E-state index contributed by atoms with van der Waals surface area (Å²) in [5.41, 5.74) is 2.39. The van der Waals surface area contributed by atoms with Crippen LogP contribution in [0.5, 0.6) is 5.75 Å². The van der Waals surface area contributed by atoms with Crippen LogP contribution in [-0.4, -0.2) is 56.6 Å². The van der Waals surface area contributed by atoms with Crippen LogP contribution >= 0.6 is 0 Å². The third-order valence-electron chi connectivity index (χ3n) is 4.11. The lowest BCUT2D eigenvalue weighted by molar-refractivity contribution is -0.141. The molecule has 0 bridgehead atoms. The molecule has 0 amide bonds. The molecule has 0 aliphatic rings. The Balaban J connectivity index is 1.73. The van der Waals surface area contributed by atoms with E-state index >= 15 is 0 Å². The summed E-state index contributed by atoms with van der Waals surface area (Å²) in [5.74, 6) is 0.666. The minimum Gasteiger partial charge on any atom is -0.489 e. The molecule has 140 valence electrons. The second kappa shape index (κ2) is 10.6. The maximum absolute atomic E-state index is 11.2. The second-order valence-electron chi connectivity index (χ2n) is 6.47. The van der Waals surface area contributed by atoms with Crippen molar-refractivity contribution in [3.63, 3.8) is 0 Å². The summed E-state index contributed by atoms with van der Waals surface area (Å²) >= 11 is 0. The normalized spacial score (nSPS) is 11.0. The summed E-state index contributed by atoms with van der Waals surface area (Å²) in [6.07, 6.45) is 0. The lowest BCUT2D eigenvalue weighted by atomic mass is 10.2. The van der Waals surface area contributed by atoms with Crippen molar-refractivity contribution in [2.75, 3.05) is 40.8 Å². The zero-order valence-corrected chi connectivity index (χ0v) is 15.9. The Morgan fingerprint density at radius 3 is 2.19 bits per heavy atom. The Hall–Kier alpha value is -2.37. The number of rotatable bonds is 10. The molecule has 0 radical (unpaired) electrons. The molecule has 0 heterocycles. The fourth-order valence-corrected chi connectivity index (χ4v) is 2.53. The molecule has 0 atom stereocenters. The van der Waals surface area contributed by atoms with Gasteiger partial charge in [-0.05, 0) is 37.4 Å². The van der Waals surface area contributed by atoms with E-state index < -0.39 is 0 Å². The van der Waals surface area contributed by atoms with Crippen LogP contribution in [0.4, 0.5) is 0 Å². The number of methoxy groups -OCH3 is 1. The Labute approximate surface area is 156 Å². The van der Waals surface area contributed by atoms with E-state index in [0.29, 0.717) is 13.2 Å². The van der Waals surface area contributed by atoms with Crippen LogP contribution in [0.15, 0.2) is 54.6 Å². The molecular weight excluding hydrogens is 328 g/mol. The zero-order chi connectivity index (χ0) is 18.8. The van der Waals surface area contributed by atoms with Crippen LogP contribution in [0, 0.1) is 0 Å². The zero-order valence-electron chi connectivity index (χ0n) is 15.9. The summed E-state index contributed by atoms with van der Waals surface area (Å²) in [4.78, 5) is 15.4. The maximum Gasteiger partial charge on any atom is 0.319 e. The number of benzene rings is 2. The Kier molecular flexibility index (Phi) is 8.12. The van der Waals surface area contributed by atoms with Crippen molar-refractivity contribution in [3.05, 3.63) is 65.7 Å². The van der Waals surface area contributed by atoms with Crippen molar-refractivity contribution in [2.45, 2.75) is 13.2 Å². The lowest BCUT2D eigenvalue weighted by Gasteiger charge is -2.21. The number of carbonyl (C=O) groups excluding carboxylic acids is 1. The molecule has 5 nitrogen and oxygen atoms in total. The number of hydrogen-bond acceptors (Lipinski definition) is 5. The third kappa shape index (κ3) is 7.25. The molecule has 0 N–H and O–H groups in total. The molecule has 0 aromatic heterocycles. The first-order valence-corrected chi connectivity index (χ1v) is 8.76. The van der Waals surface area contributed by atoms with E-state index in [1.807, 2.05) is 42.3 Å².